The molecule has 0 aliphatic rings. The smallest absolute Gasteiger partial charge is 0.342 e. The van der Waals surface area contributed by atoms with Crippen LogP contribution < -0.4 is 9.47 Å². The summed E-state index contributed by atoms with van der Waals surface area (Å²) in [5.41, 5.74) is 2.09. The Kier molecular flexibility index (Phi) is 10.5. The van der Waals surface area contributed by atoms with Crippen molar-refractivity contribution in [2.24, 2.45) is 0 Å². The van der Waals surface area contributed by atoms with Crippen LogP contribution in [0.5, 0.6) is 11.5 Å². The van der Waals surface area contributed by atoms with Crippen molar-refractivity contribution < 1.29 is 28.6 Å². The van der Waals surface area contributed by atoms with Gasteiger partial charge in [-0.25, -0.2) is 4.79 Å². The predicted molar refractivity (Wildman–Crippen MR) is 137 cm³/mol. The van der Waals surface area contributed by atoms with E-state index in [0.29, 0.717) is 31.5 Å². The number of esters is 1. The number of ether oxygens (including phenoxy) is 3. The van der Waals surface area contributed by atoms with Gasteiger partial charge in [0.25, 0.3) is 0 Å². The average molecular weight is 487 g/mol. The Morgan fingerprint density at radius 1 is 0.889 bits per heavy atom. The lowest BCUT2D eigenvalue weighted by atomic mass is 10.1. The second-order valence-corrected chi connectivity index (χ2v) is 8.26. The number of benzene rings is 3. The zero-order chi connectivity index (χ0) is 25.6. The molecule has 0 spiro atoms. The van der Waals surface area contributed by atoms with Gasteiger partial charge in [-0.05, 0) is 49.5 Å². The molecule has 3 aromatic carbocycles. The monoisotopic (exact) mass is 486 g/mol. The number of hydrogen-bond acceptors (Lipinski definition) is 6. The van der Waals surface area contributed by atoms with Gasteiger partial charge in [-0.3, -0.25) is 9.59 Å². The van der Waals surface area contributed by atoms with Gasteiger partial charge < -0.3 is 14.2 Å². The van der Waals surface area contributed by atoms with Gasteiger partial charge in [0.05, 0.1) is 6.10 Å². The van der Waals surface area contributed by atoms with E-state index in [0.717, 1.165) is 23.8 Å². The fraction of sp³-hybridized carbons (Fsp3) is 0.233. The zero-order valence-corrected chi connectivity index (χ0v) is 20.3. The van der Waals surface area contributed by atoms with E-state index in [1.165, 1.54) is 12.1 Å². The van der Waals surface area contributed by atoms with E-state index in [-0.39, 0.29) is 29.6 Å². The number of carbonyl (C=O) groups is 3. The summed E-state index contributed by atoms with van der Waals surface area (Å²) < 4.78 is 17.5. The lowest BCUT2D eigenvalue weighted by Crippen LogP contribution is -2.18. The maximum Gasteiger partial charge on any atom is 0.342 e. The Hall–Kier alpha value is -4.19. The highest BCUT2D eigenvalue weighted by Crippen LogP contribution is 2.31. The molecule has 36 heavy (non-hydrogen) atoms. The van der Waals surface area contributed by atoms with Crippen LogP contribution in [0.1, 0.15) is 58.0 Å². The van der Waals surface area contributed by atoms with Crippen LogP contribution in [0.4, 0.5) is 0 Å². The molecule has 0 amide bonds. The third-order valence-electron chi connectivity index (χ3n) is 5.43. The van der Waals surface area contributed by atoms with E-state index < -0.39 is 5.97 Å². The fourth-order valence-electron chi connectivity index (χ4n) is 3.57. The molecule has 0 aromatic heterocycles. The summed E-state index contributed by atoms with van der Waals surface area (Å²) in [6, 6.07) is 22.3. The van der Waals surface area contributed by atoms with Crippen LogP contribution in [0.3, 0.4) is 0 Å². The van der Waals surface area contributed by atoms with Crippen molar-refractivity contribution in [1.82, 2.24) is 0 Å². The topological polar surface area (TPSA) is 78.9 Å². The Morgan fingerprint density at radius 2 is 1.53 bits per heavy atom. The molecule has 0 saturated carbocycles. The SMILES string of the molecule is CC(CCC/C=C/C=O)OC(=O)c1c(C=O)cc(OCc2ccccc2)cc1OCc1ccccc1. The largest absolute Gasteiger partial charge is 0.489 e. The first-order valence-electron chi connectivity index (χ1n) is 11.9. The summed E-state index contributed by atoms with van der Waals surface area (Å²) in [5.74, 6) is -0.00101. The van der Waals surface area contributed by atoms with Crippen molar-refractivity contribution in [1.29, 1.82) is 0 Å². The molecule has 0 bridgehead atoms. The first-order valence-corrected chi connectivity index (χ1v) is 11.9. The highest BCUT2D eigenvalue weighted by Gasteiger charge is 2.23. The number of rotatable bonds is 14. The summed E-state index contributed by atoms with van der Waals surface area (Å²) in [6.45, 7) is 2.31. The molecular weight excluding hydrogens is 456 g/mol. The van der Waals surface area contributed by atoms with E-state index in [1.807, 2.05) is 60.7 Å². The van der Waals surface area contributed by atoms with Crippen molar-refractivity contribution in [3.05, 3.63) is 107 Å². The van der Waals surface area contributed by atoms with Crippen molar-refractivity contribution in [3.8, 4) is 11.5 Å². The lowest BCUT2D eigenvalue weighted by molar-refractivity contribution is -0.104. The molecule has 0 saturated heterocycles. The minimum Gasteiger partial charge on any atom is -0.489 e. The van der Waals surface area contributed by atoms with Crippen LogP contribution in [0.2, 0.25) is 0 Å². The highest BCUT2D eigenvalue weighted by atomic mass is 16.5. The molecule has 6 heteroatoms. The second-order valence-electron chi connectivity index (χ2n) is 8.26. The van der Waals surface area contributed by atoms with E-state index in [9.17, 15) is 14.4 Å². The normalized spacial score (nSPS) is 11.6. The second kappa shape index (κ2) is 14.3. The van der Waals surface area contributed by atoms with E-state index in [1.54, 1.807) is 19.1 Å². The minimum atomic E-state index is -0.634. The summed E-state index contributed by atoms with van der Waals surface area (Å²) in [6.07, 6.45) is 6.26. The van der Waals surface area contributed by atoms with Crippen LogP contribution in [0.15, 0.2) is 84.9 Å². The highest BCUT2D eigenvalue weighted by molar-refractivity contribution is 6.01. The standard InChI is InChI=1S/C30H30O6/c1-23(12-6-2-3-11-17-31)36-30(33)29-26(20-32)18-27(34-21-24-13-7-4-8-14-24)19-28(29)35-22-25-15-9-5-10-16-25/h3-5,7-11,13-20,23H,2,6,12,21-22H2,1H3/b11-3+. The van der Waals surface area contributed by atoms with Gasteiger partial charge in [0.1, 0.15) is 36.6 Å². The fourth-order valence-corrected chi connectivity index (χ4v) is 3.57. The molecule has 0 aliphatic carbocycles. The quantitative estimate of drug-likeness (QED) is 0.118. The van der Waals surface area contributed by atoms with Crippen molar-refractivity contribution >= 4 is 18.5 Å². The molecule has 0 fully saturated rings. The van der Waals surface area contributed by atoms with Gasteiger partial charge in [-0.15, -0.1) is 0 Å². The van der Waals surface area contributed by atoms with E-state index >= 15 is 0 Å². The van der Waals surface area contributed by atoms with Gasteiger partial charge in [0.2, 0.25) is 0 Å². The molecule has 3 aromatic rings. The van der Waals surface area contributed by atoms with Crippen LogP contribution in [-0.2, 0) is 22.7 Å². The van der Waals surface area contributed by atoms with Gasteiger partial charge in [0, 0.05) is 11.6 Å². The Labute approximate surface area is 211 Å². The van der Waals surface area contributed by atoms with Gasteiger partial charge in [-0.2, -0.15) is 0 Å². The first kappa shape index (κ1) is 26.4. The molecule has 0 heterocycles. The van der Waals surface area contributed by atoms with Crippen molar-refractivity contribution in [2.45, 2.75) is 45.5 Å². The Morgan fingerprint density at radius 3 is 2.14 bits per heavy atom. The van der Waals surface area contributed by atoms with Crippen molar-refractivity contribution in [3.63, 3.8) is 0 Å². The van der Waals surface area contributed by atoms with Crippen LogP contribution in [0, 0.1) is 0 Å². The zero-order valence-electron chi connectivity index (χ0n) is 20.3. The van der Waals surface area contributed by atoms with Crippen LogP contribution in [-0.4, -0.2) is 24.6 Å². The maximum atomic E-state index is 13.1. The summed E-state index contributed by atoms with van der Waals surface area (Å²) in [5, 5.41) is 0. The number of hydrogen-bond donors (Lipinski definition) is 0. The molecule has 1 atom stereocenters. The Bertz CT molecular complexity index is 1150. The minimum absolute atomic E-state index is 0.0701. The average Bonchev–Trinajstić information content (AvgIpc) is 2.91. The molecule has 0 aliphatic heterocycles. The predicted octanol–water partition coefficient (Wildman–Crippen LogP) is 6.13. The molecular formula is C30H30O6. The van der Waals surface area contributed by atoms with E-state index in [2.05, 4.69) is 0 Å². The summed E-state index contributed by atoms with van der Waals surface area (Å²) in [4.78, 5) is 35.5. The molecule has 3 rings (SSSR count). The summed E-state index contributed by atoms with van der Waals surface area (Å²) >= 11 is 0. The number of carbonyl (C=O) groups excluding carboxylic acids is 3. The van der Waals surface area contributed by atoms with Crippen molar-refractivity contribution in [2.75, 3.05) is 0 Å². The Balaban J connectivity index is 1.80. The third kappa shape index (κ3) is 8.24. The van der Waals surface area contributed by atoms with Gasteiger partial charge in [-0.1, -0.05) is 66.7 Å². The molecule has 0 radical (unpaired) electrons. The number of allylic oxidation sites excluding steroid dienone is 2. The summed E-state index contributed by atoms with van der Waals surface area (Å²) in [7, 11) is 0. The lowest BCUT2D eigenvalue weighted by Gasteiger charge is -2.18. The van der Waals surface area contributed by atoms with Crippen LogP contribution >= 0.6 is 0 Å². The van der Waals surface area contributed by atoms with E-state index in [4.69, 9.17) is 14.2 Å². The molecule has 0 N–H and O–H groups in total. The number of unbranched alkanes of at least 4 members (excludes halogenated alkanes) is 1. The molecule has 6 nitrogen and oxygen atoms in total. The number of aldehydes is 2. The molecule has 186 valence electrons. The molecule has 1 unspecified atom stereocenters. The van der Waals surface area contributed by atoms with Gasteiger partial charge >= 0.3 is 5.97 Å². The maximum absolute atomic E-state index is 13.1. The third-order valence-corrected chi connectivity index (χ3v) is 5.43. The first-order chi connectivity index (χ1) is 17.6. The van der Waals surface area contributed by atoms with Gasteiger partial charge in [0.15, 0.2) is 6.29 Å². The van der Waals surface area contributed by atoms with Crippen LogP contribution in [0.25, 0.3) is 0 Å².